The number of ether oxygens (including phenoxy) is 4. The van der Waals surface area contributed by atoms with Crippen LogP contribution in [0.25, 0.3) is 44.5 Å². The lowest BCUT2D eigenvalue weighted by atomic mass is 9.81. The highest BCUT2D eigenvalue weighted by Gasteiger charge is 2.22. The van der Waals surface area contributed by atoms with E-state index in [0.29, 0.717) is 29.7 Å². The van der Waals surface area contributed by atoms with Crippen LogP contribution in [0.3, 0.4) is 0 Å². The summed E-state index contributed by atoms with van der Waals surface area (Å²) in [7, 11) is 9.00. The van der Waals surface area contributed by atoms with Crippen molar-refractivity contribution in [3.8, 4) is 80.4 Å². The van der Waals surface area contributed by atoms with Crippen LogP contribution in [0.5, 0.6) is 23.0 Å². The van der Waals surface area contributed by atoms with E-state index in [4.69, 9.17) is 43.7 Å². The number of carboxylic acids is 2. The van der Waals surface area contributed by atoms with Crippen molar-refractivity contribution in [1.82, 2.24) is 0 Å². The van der Waals surface area contributed by atoms with Crippen molar-refractivity contribution in [3.63, 3.8) is 0 Å². The average molecular weight is 1640 g/mol. The molecule has 10 aromatic carbocycles. The standard InChI is InChI=1S/C26H22F2O4.C20H14F2O3.C19H16F2O4.C13H8F2O3.C6H9ClO.C2H2.CH4O.CH4.B2.H3P.H2/c1-2-3-5-10-25(29)32-24-14-11-19(21-13-12-20(27)16-23(21)28)15-22(24)26(30)31-17-18-8-6-4-7-9-18;21-15-7-8-16(18(22)11-15)14-6-9-19(23)17(10-14)20(24)25-12-13-4-2-1-3-5-13;1-2-3-4-5-18(22)25-17-9-6-12(10-15(17)19(23)24)14-8-7-13(20)11-16(14)21;14-8-2-3-9(11(15)6-8)7-1-4-12(16)10(5-7)13(17)18;1-2-3-4-5-6(7)8;2*1-2;;1-2;;/h3-9,11-16H,2,10,17H2,1H3;1-11,23H,12H2;3-4,6-11H,2,5H2,1H3,(H,23,24);1-6,16H,(H,17,18);3-4H,2,5H2,1H3;1-2H;2H,1H3;1H4;;1H3;1H/b5-3-;;4-3-;;4-3-;;;;;;/i;;;;;;;;;;1+1D. The van der Waals surface area contributed by atoms with Crippen molar-refractivity contribution >= 4 is 78.0 Å². The Kier molecular flexibility index (Phi) is 47.0. The van der Waals surface area contributed by atoms with Gasteiger partial charge in [-0.2, -0.15) is 9.90 Å². The Hall–Kier alpha value is -12.7. The maximum absolute atomic E-state index is 14.3. The second-order valence-corrected chi connectivity index (χ2v) is 23.1. The van der Waals surface area contributed by atoms with Gasteiger partial charge in [-0.1, -0.05) is 150 Å². The van der Waals surface area contributed by atoms with E-state index in [1.165, 1.54) is 84.9 Å². The average Bonchev–Trinajstić information content (AvgIpc) is 0.822. The highest BCUT2D eigenvalue weighted by atomic mass is 35.5. The number of carbonyl (C=O) groups excluding carboxylic acids is 5. The minimum absolute atomic E-state index is 0. The molecule has 0 aromatic heterocycles. The van der Waals surface area contributed by atoms with Gasteiger partial charge < -0.3 is 44.5 Å². The molecule has 1 atom stereocenters. The van der Waals surface area contributed by atoms with E-state index >= 15 is 0 Å². The number of aliphatic hydroxyl groups excluding tert-OH is 1. The first kappa shape index (κ1) is 99.4. The molecule has 0 aliphatic heterocycles. The lowest BCUT2D eigenvalue weighted by molar-refractivity contribution is -0.134. The quantitative estimate of drug-likeness (QED) is 0.00583. The van der Waals surface area contributed by atoms with Gasteiger partial charge in [0.2, 0.25) is 5.24 Å². The van der Waals surface area contributed by atoms with Crippen molar-refractivity contribution in [3.05, 3.63) is 323 Å². The number of esters is 4. The summed E-state index contributed by atoms with van der Waals surface area (Å²) >= 11 is 5.02. The normalized spacial score (nSPS) is 10.1. The highest BCUT2D eigenvalue weighted by Crippen LogP contribution is 2.34. The second kappa shape index (κ2) is 54.9. The number of hydrogen-bond donors (Lipinski definition) is 5. The van der Waals surface area contributed by atoms with Crippen molar-refractivity contribution < 1.29 is 116 Å². The van der Waals surface area contributed by atoms with Crippen molar-refractivity contribution in [1.29, 1.82) is 0 Å². The zero-order chi connectivity index (χ0) is 86.8. The predicted molar refractivity (Wildman–Crippen MR) is 439 cm³/mol. The van der Waals surface area contributed by atoms with Crippen LogP contribution in [-0.2, 0) is 37.1 Å². The molecule has 0 fully saturated rings. The molecule has 4 radical (unpaired) electrons. The zero-order valence-electron chi connectivity index (χ0n) is 64.4. The van der Waals surface area contributed by atoms with Gasteiger partial charge in [-0.15, -0.1) is 12.8 Å². The summed E-state index contributed by atoms with van der Waals surface area (Å²) in [6.45, 7) is 5.93. The number of hydrogen-bond acceptors (Lipinski definition) is 14. The Balaban J connectivity index is 0.00000147. The second-order valence-electron chi connectivity index (χ2n) is 22.7. The molecule has 1 unspecified atom stereocenters. The van der Waals surface area contributed by atoms with Crippen LogP contribution in [0.4, 0.5) is 35.1 Å². The third-order valence-corrected chi connectivity index (χ3v) is 14.9. The van der Waals surface area contributed by atoms with E-state index in [1.807, 2.05) is 69.3 Å². The van der Waals surface area contributed by atoms with Crippen LogP contribution in [-0.4, -0.2) is 89.2 Å². The number of phenols is 2. The first-order valence-electron chi connectivity index (χ1n) is 35.0. The molecule has 116 heavy (non-hydrogen) atoms. The fourth-order valence-corrected chi connectivity index (χ4v) is 9.59. The summed E-state index contributed by atoms with van der Waals surface area (Å²) in [4.78, 5) is 81.2. The number of aromatic hydroxyl groups is 2. The SMILES string of the molecule is C.C#C.CC/C=C\CC(=O)Cl.CC/C=C\CC(=O)Oc1ccc(-c2ccc(F)cc2F)cc1C(=O)O.CC/C=C\CC(=O)Oc1ccc(-c2ccc(F)cc2F)cc1C(=O)OCc1ccccc1.CO.O=C(O)c1cc(-c2ccc(F)cc2F)ccc1O.O=C(OCc1ccccc1)c1cc(-c2ccc(F)cc2F)ccc1O.P.[2H][2H].[B][B]. The van der Waals surface area contributed by atoms with E-state index < -0.39 is 88.1 Å². The van der Waals surface area contributed by atoms with E-state index in [2.05, 4.69) is 28.3 Å². The molecule has 16 nitrogen and oxygen atoms in total. The molecule has 10 aromatic rings. The molecule has 0 aliphatic rings. The smallest absolute Gasteiger partial charge is 0.342 e. The maximum Gasteiger partial charge on any atom is 0.342 e. The number of aromatic carboxylic acids is 2. The number of halogens is 9. The molecule has 0 amide bonds. The first-order chi connectivity index (χ1) is 55.7. The molecular weight excluding hydrogens is 1550 g/mol. The number of rotatable bonds is 23. The molecule has 0 saturated heterocycles. The van der Waals surface area contributed by atoms with E-state index in [-0.39, 0.29) is 122 Å². The molecule has 0 saturated carbocycles. The van der Waals surface area contributed by atoms with Crippen LogP contribution in [0, 0.1) is 59.4 Å². The van der Waals surface area contributed by atoms with Crippen LogP contribution >= 0.6 is 21.5 Å². The monoisotopic (exact) mass is 1640 g/mol. The fourth-order valence-electron chi connectivity index (χ4n) is 9.50. The summed E-state index contributed by atoms with van der Waals surface area (Å²) in [5.74, 6) is -12.1. The fraction of sp³-hybridized carbons (Fsp3) is 0.148. The van der Waals surface area contributed by atoms with Gasteiger partial charge in [0.1, 0.15) is 105 Å². The molecule has 28 heteroatoms. The van der Waals surface area contributed by atoms with Gasteiger partial charge in [-0.05, 0) is 161 Å². The summed E-state index contributed by atoms with van der Waals surface area (Å²) < 4.78 is 139. The number of benzene rings is 10. The van der Waals surface area contributed by atoms with E-state index in [1.54, 1.807) is 48.6 Å². The predicted octanol–water partition coefficient (Wildman–Crippen LogP) is 20.7. The Labute approximate surface area is 680 Å². The molecule has 0 bridgehead atoms. The molecule has 5 N–H and O–H groups in total. The van der Waals surface area contributed by atoms with Crippen molar-refractivity contribution in [2.24, 2.45) is 0 Å². The molecule has 606 valence electrons. The third kappa shape index (κ3) is 34.3. The van der Waals surface area contributed by atoms with Crippen LogP contribution in [0.1, 0.15) is 122 Å². The summed E-state index contributed by atoms with van der Waals surface area (Å²) in [6.07, 6.45) is 21.5. The first-order valence-corrected chi connectivity index (χ1v) is 34.4. The number of terminal acetylenes is 1. The zero-order valence-corrected chi connectivity index (χ0v) is 64.6. The van der Waals surface area contributed by atoms with Gasteiger partial charge in [0.05, 0.1) is 12.8 Å². The Morgan fingerprint density at radius 1 is 0.405 bits per heavy atom. The summed E-state index contributed by atoms with van der Waals surface area (Å²) in [6, 6.07) is 46.3. The highest BCUT2D eigenvalue weighted by molar-refractivity contribution is 6.92. The Morgan fingerprint density at radius 2 is 0.690 bits per heavy atom. The number of allylic oxidation sites excluding steroid dienone is 4. The van der Waals surface area contributed by atoms with Crippen LogP contribution in [0.15, 0.2) is 243 Å². The van der Waals surface area contributed by atoms with Crippen molar-refractivity contribution in [2.75, 3.05) is 7.11 Å². The van der Waals surface area contributed by atoms with Gasteiger partial charge in [0, 0.05) is 78.5 Å². The van der Waals surface area contributed by atoms with Crippen molar-refractivity contribution in [2.45, 2.75) is 79.9 Å². The van der Waals surface area contributed by atoms with E-state index in [9.17, 15) is 84.0 Å². The van der Waals surface area contributed by atoms with Crippen LogP contribution in [0.2, 0.25) is 0 Å². The number of carboxylic acid groups (broad SMARTS) is 2. The minimum atomic E-state index is -1.32. The Morgan fingerprint density at radius 3 is 1.01 bits per heavy atom. The lowest BCUT2D eigenvalue weighted by Gasteiger charge is -2.12. The van der Waals surface area contributed by atoms with Gasteiger partial charge in [-0.3, -0.25) is 14.4 Å². The number of aliphatic hydroxyl groups is 1. The lowest BCUT2D eigenvalue weighted by Crippen LogP contribution is -2.12. The summed E-state index contributed by atoms with van der Waals surface area (Å²) in [5.41, 5.74) is 2.33. The summed E-state index contributed by atoms with van der Waals surface area (Å²) in [5, 5.41) is 44.1. The molecule has 0 aliphatic carbocycles. The van der Waals surface area contributed by atoms with Gasteiger partial charge in [-0.25, -0.2) is 54.3 Å². The molecule has 0 heterocycles. The van der Waals surface area contributed by atoms with Crippen LogP contribution < -0.4 is 9.47 Å². The number of phenolic OH excluding ortho intramolecular Hbond substituents is 1. The Bertz CT molecular complexity index is 4990. The van der Waals surface area contributed by atoms with Gasteiger partial charge in [0.25, 0.3) is 0 Å². The molecule has 10 rings (SSSR count). The minimum Gasteiger partial charge on any atom is -0.507 e. The molecular formula is C88H84B2ClF8O16P. The number of carbonyl (C=O) groups is 7. The van der Waals surface area contributed by atoms with Gasteiger partial charge >= 0.3 is 35.8 Å². The maximum atomic E-state index is 14.3. The molecule has 0 spiro atoms. The topological polar surface area (TPSA) is 258 Å². The third-order valence-electron chi connectivity index (χ3n) is 14.7. The van der Waals surface area contributed by atoms with Gasteiger partial charge in [0.15, 0.2) is 0 Å². The van der Waals surface area contributed by atoms with E-state index in [0.717, 1.165) is 86.0 Å². The largest absolute Gasteiger partial charge is 0.507 e.